The molecule has 2 aromatic heterocycles. The molecule has 0 bridgehead atoms. The SMILES string of the molecule is COc1cccc(OC)c1-n1c(NS(=O)(=O)C(C)C(OC(C)C)c2ncc(C)cn2)nnc1C1CC(OC)C1. The largest absolute Gasteiger partial charge is 0.494 e. The van der Waals surface area contributed by atoms with Gasteiger partial charge in [0.15, 0.2) is 5.82 Å². The van der Waals surface area contributed by atoms with Crippen molar-refractivity contribution in [1.82, 2.24) is 24.7 Å². The van der Waals surface area contributed by atoms with E-state index in [0.29, 0.717) is 23.0 Å². The number of sulfonamides is 1. The number of aryl methyl sites for hydroxylation is 1. The topological polar surface area (TPSA) is 140 Å². The van der Waals surface area contributed by atoms with E-state index in [2.05, 4.69) is 24.9 Å². The molecule has 39 heavy (non-hydrogen) atoms. The summed E-state index contributed by atoms with van der Waals surface area (Å²) < 4.78 is 54.6. The highest BCUT2D eigenvalue weighted by atomic mass is 32.2. The molecule has 2 atom stereocenters. The molecule has 212 valence electrons. The van der Waals surface area contributed by atoms with Crippen molar-refractivity contribution < 1.29 is 27.4 Å². The summed E-state index contributed by atoms with van der Waals surface area (Å²) in [5.74, 6) is 1.81. The van der Waals surface area contributed by atoms with Crippen molar-refractivity contribution in [2.45, 2.75) is 70.0 Å². The summed E-state index contributed by atoms with van der Waals surface area (Å²) in [5, 5.41) is 7.60. The summed E-state index contributed by atoms with van der Waals surface area (Å²) in [6, 6.07) is 5.32. The highest BCUT2D eigenvalue weighted by molar-refractivity contribution is 7.93. The number of benzene rings is 1. The second-order valence-electron chi connectivity index (χ2n) is 9.83. The zero-order chi connectivity index (χ0) is 28.3. The molecule has 1 fully saturated rings. The summed E-state index contributed by atoms with van der Waals surface area (Å²) in [7, 11) is 0.654. The van der Waals surface area contributed by atoms with Gasteiger partial charge in [-0.2, -0.15) is 0 Å². The van der Waals surface area contributed by atoms with Crippen LogP contribution in [0.3, 0.4) is 0 Å². The molecular weight excluding hydrogens is 524 g/mol. The average molecular weight is 561 g/mol. The fourth-order valence-corrected chi connectivity index (χ4v) is 5.56. The van der Waals surface area contributed by atoms with Crippen molar-refractivity contribution in [2.24, 2.45) is 0 Å². The summed E-state index contributed by atoms with van der Waals surface area (Å²) in [6.45, 7) is 7.07. The van der Waals surface area contributed by atoms with Gasteiger partial charge >= 0.3 is 0 Å². The number of ether oxygens (including phenoxy) is 4. The van der Waals surface area contributed by atoms with Gasteiger partial charge in [0, 0.05) is 25.4 Å². The lowest BCUT2D eigenvalue weighted by molar-refractivity contribution is 0.00152. The summed E-state index contributed by atoms with van der Waals surface area (Å²) in [4.78, 5) is 8.68. The molecule has 1 saturated carbocycles. The second kappa shape index (κ2) is 11.8. The molecule has 2 unspecified atom stereocenters. The maximum absolute atomic E-state index is 13.8. The van der Waals surface area contributed by atoms with Gasteiger partial charge in [0.25, 0.3) is 0 Å². The highest BCUT2D eigenvalue weighted by Crippen LogP contribution is 2.43. The number of methoxy groups -OCH3 is 3. The van der Waals surface area contributed by atoms with Crippen LogP contribution in [0.4, 0.5) is 5.95 Å². The predicted octanol–water partition coefficient (Wildman–Crippen LogP) is 3.57. The monoisotopic (exact) mass is 560 g/mol. The summed E-state index contributed by atoms with van der Waals surface area (Å²) in [5.41, 5.74) is 1.35. The van der Waals surface area contributed by atoms with Crippen molar-refractivity contribution >= 4 is 16.0 Å². The van der Waals surface area contributed by atoms with E-state index >= 15 is 0 Å². The molecule has 0 saturated heterocycles. The molecule has 3 aromatic rings. The number of anilines is 1. The van der Waals surface area contributed by atoms with Gasteiger partial charge in [0.1, 0.15) is 34.4 Å². The molecule has 0 aliphatic heterocycles. The lowest BCUT2D eigenvalue weighted by Gasteiger charge is -2.33. The molecule has 13 heteroatoms. The first kappa shape index (κ1) is 28.7. The van der Waals surface area contributed by atoms with Gasteiger partial charge in [0.05, 0.1) is 26.4 Å². The van der Waals surface area contributed by atoms with Crippen LogP contribution in [-0.2, 0) is 19.5 Å². The third-order valence-electron chi connectivity index (χ3n) is 6.73. The van der Waals surface area contributed by atoms with Crippen molar-refractivity contribution in [1.29, 1.82) is 0 Å². The zero-order valence-corrected chi connectivity index (χ0v) is 24.1. The van der Waals surface area contributed by atoms with Crippen LogP contribution in [0.5, 0.6) is 11.5 Å². The molecule has 1 aliphatic rings. The predicted molar refractivity (Wildman–Crippen MR) is 145 cm³/mol. The lowest BCUT2D eigenvalue weighted by Crippen LogP contribution is -2.35. The minimum Gasteiger partial charge on any atom is -0.494 e. The molecule has 0 spiro atoms. The van der Waals surface area contributed by atoms with E-state index in [0.717, 1.165) is 18.4 Å². The van der Waals surface area contributed by atoms with E-state index in [1.807, 2.05) is 20.8 Å². The molecule has 0 amide bonds. The van der Waals surface area contributed by atoms with E-state index < -0.39 is 21.4 Å². The Bertz CT molecular complexity index is 1350. The van der Waals surface area contributed by atoms with E-state index in [-0.39, 0.29) is 29.9 Å². The number of hydrogen-bond acceptors (Lipinski definition) is 10. The maximum Gasteiger partial charge on any atom is 0.243 e. The third-order valence-corrected chi connectivity index (χ3v) is 8.42. The van der Waals surface area contributed by atoms with Crippen LogP contribution in [0.25, 0.3) is 5.69 Å². The van der Waals surface area contributed by atoms with Crippen LogP contribution in [-0.4, -0.2) is 71.9 Å². The Balaban J connectivity index is 1.77. The Morgan fingerprint density at radius 3 is 2.15 bits per heavy atom. The van der Waals surface area contributed by atoms with Gasteiger partial charge in [-0.05, 0) is 58.2 Å². The number of hydrogen-bond donors (Lipinski definition) is 1. The molecule has 0 radical (unpaired) electrons. The van der Waals surface area contributed by atoms with Crippen molar-refractivity contribution in [3.05, 3.63) is 47.8 Å². The first-order chi connectivity index (χ1) is 18.6. The Kier molecular flexibility index (Phi) is 8.72. The number of nitrogens with one attached hydrogen (secondary N) is 1. The standard InChI is InChI=1S/C26H36N6O6S/c1-15(2)38-23(24-27-13-16(3)14-28-24)17(4)39(33,34)31-26-30-29-25(18-11-19(12-18)35-5)32(26)22-20(36-6)9-8-10-21(22)37-7/h8-10,13-15,17-19,23H,11-12H2,1-7H3,(H,30,31). The molecule has 1 aromatic carbocycles. The van der Waals surface area contributed by atoms with Crippen molar-refractivity contribution in [3.8, 4) is 17.2 Å². The zero-order valence-electron chi connectivity index (χ0n) is 23.3. The Labute approximate surface area is 229 Å². The maximum atomic E-state index is 13.8. The van der Waals surface area contributed by atoms with E-state index in [9.17, 15) is 8.42 Å². The van der Waals surface area contributed by atoms with Gasteiger partial charge in [0.2, 0.25) is 16.0 Å². The number of para-hydroxylation sites is 1. The van der Waals surface area contributed by atoms with Crippen molar-refractivity contribution in [3.63, 3.8) is 0 Å². The van der Waals surface area contributed by atoms with Crippen LogP contribution in [0, 0.1) is 6.92 Å². The Morgan fingerprint density at radius 1 is 1.00 bits per heavy atom. The third kappa shape index (κ3) is 5.99. The number of aromatic nitrogens is 5. The Morgan fingerprint density at radius 2 is 1.62 bits per heavy atom. The fourth-order valence-electron chi connectivity index (χ4n) is 4.48. The molecule has 1 aliphatic carbocycles. The van der Waals surface area contributed by atoms with Crippen LogP contribution >= 0.6 is 0 Å². The minimum atomic E-state index is -4.09. The molecule has 2 heterocycles. The molecular formula is C26H36N6O6S. The van der Waals surface area contributed by atoms with E-state index in [1.165, 1.54) is 14.2 Å². The normalized spacial score (nSPS) is 18.9. The second-order valence-corrected chi connectivity index (χ2v) is 11.9. The Hall–Kier alpha value is -3.29. The van der Waals surface area contributed by atoms with Crippen LogP contribution in [0.15, 0.2) is 30.6 Å². The molecule has 12 nitrogen and oxygen atoms in total. The van der Waals surface area contributed by atoms with E-state index in [4.69, 9.17) is 18.9 Å². The van der Waals surface area contributed by atoms with Gasteiger partial charge in [-0.15, -0.1) is 10.2 Å². The van der Waals surface area contributed by atoms with Gasteiger partial charge in [-0.3, -0.25) is 9.29 Å². The lowest BCUT2D eigenvalue weighted by atomic mass is 9.81. The highest BCUT2D eigenvalue weighted by Gasteiger charge is 2.39. The van der Waals surface area contributed by atoms with Crippen LogP contribution in [0.1, 0.15) is 62.8 Å². The quantitative estimate of drug-likeness (QED) is 0.350. The average Bonchev–Trinajstić information content (AvgIpc) is 3.27. The summed E-state index contributed by atoms with van der Waals surface area (Å²) >= 11 is 0. The van der Waals surface area contributed by atoms with Gasteiger partial charge in [-0.1, -0.05) is 6.07 Å². The van der Waals surface area contributed by atoms with Crippen LogP contribution in [0.2, 0.25) is 0 Å². The first-order valence-corrected chi connectivity index (χ1v) is 14.3. The van der Waals surface area contributed by atoms with Gasteiger partial charge in [-0.25, -0.2) is 18.4 Å². The number of nitrogens with zero attached hydrogens (tertiary/aromatic N) is 5. The van der Waals surface area contributed by atoms with E-state index in [1.54, 1.807) is 49.2 Å². The van der Waals surface area contributed by atoms with Gasteiger partial charge < -0.3 is 18.9 Å². The fraction of sp³-hybridized carbons (Fsp3) is 0.538. The van der Waals surface area contributed by atoms with Crippen molar-refractivity contribution in [2.75, 3.05) is 26.1 Å². The molecule has 1 N–H and O–H groups in total. The summed E-state index contributed by atoms with van der Waals surface area (Å²) in [6.07, 6.45) is 3.63. The first-order valence-electron chi connectivity index (χ1n) is 12.7. The number of rotatable bonds is 12. The molecule has 4 rings (SSSR count). The smallest absolute Gasteiger partial charge is 0.243 e. The minimum absolute atomic E-state index is 0.00530. The van der Waals surface area contributed by atoms with Crippen LogP contribution < -0.4 is 14.2 Å².